The van der Waals surface area contributed by atoms with Gasteiger partial charge in [0.05, 0.1) is 6.61 Å². The monoisotopic (exact) mass is 355 g/mol. The molecule has 0 aliphatic heterocycles. The summed E-state index contributed by atoms with van der Waals surface area (Å²) in [6, 6.07) is 6.98. The molecule has 0 radical (unpaired) electrons. The molecule has 1 aromatic rings. The number of rotatable bonds is 5. The Kier molecular flexibility index (Phi) is 7.49. The van der Waals surface area contributed by atoms with E-state index in [1.165, 1.54) is 6.20 Å². The van der Waals surface area contributed by atoms with Crippen LogP contribution in [0.15, 0.2) is 34.9 Å². The van der Waals surface area contributed by atoms with Crippen LogP contribution in [0.2, 0.25) is 0 Å². The van der Waals surface area contributed by atoms with E-state index in [9.17, 15) is 9.59 Å². The maximum Gasteiger partial charge on any atom is 0.418 e. The number of nitrogens with one attached hydrogen (secondary N) is 1. The van der Waals surface area contributed by atoms with Crippen LogP contribution in [0.1, 0.15) is 12.5 Å². The summed E-state index contributed by atoms with van der Waals surface area (Å²) >= 11 is 3.36. The van der Waals surface area contributed by atoms with E-state index in [2.05, 4.69) is 21.2 Å². The molecule has 0 spiro atoms. The minimum absolute atomic E-state index is 0.0927. The van der Waals surface area contributed by atoms with Crippen molar-refractivity contribution in [3.8, 4) is 0 Å². The molecular weight excluding hydrogens is 338 g/mol. The Morgan fingerprint density at radius 1 is 1.48 bits per heavy atom. The summed E-state index contributed by atoms with van der Waals surface area (Å²) in [4.78, 5) is 24.4. The standard InChI is InChI=1S/C14H18BrN3O3/c1-2-21-14(20)18(9-7-16)13(19)17-8-6-11-4-3-5-12(15)10-11/h3-6,8,10H,2,7,9,16H2,1H3,(H,17,19)/b8-6+. The molecule has 0 bridgehead atoms. The Bertz CT molecular complexity index is 520. The van der Waals surface area contributed by atoms with E-state index in [-0.39, 0.29) is 19.7 Å². The second-order valence-corrected chi connectivity index (χ2v) is 4.89. The second kappa shape index (κ2) is 9.15. The highest BCUT2D eigenvalue weighted by Gasteiger charge is 2.20. The van der Waals surface area contributed by atoms with Crippen molar-refractivity contribution < 1.29 is 14.3 Å². The summed E-state index contributed by atoms with van der Waals surface area (Å²) < 4.78 is 5.74. The van der Waals surface area contributed by atoms with E-state index in [1.54, 1.807) is 13.0 Å². The van der Waals surface area contributed by atoms with Crippen molar-refractivity contribution in [3.63, 3.8) is 0 Å². The molecule has 114 valence electrons. The van der Waals surface area contributed by atoms with Crippen molar-refractivity contribution in [2.24, 2.45) is 5.73 Å². The highest BCUT2D eigenvalue weighted by atomic mass is 79.9. The lowest BCUT2D eigenvalue weighted by atomic mass is 10.2. The van der Waals surface area contributed by atoms with E-state index in [0.29, 0.717) is 0 Å². The normalized spacial score (nSPS) is 10.4. The van der Waals surface area contributed by atoms with Crippen molar-refractivity contribution in [2.75, 3.05) is 19.7 Å². The maximum absolute atomic E-state index is 11.9. The van der Waals surface area contributed by atoms with Crippen molar-refractivity contribution in [1.82, 2.24) is 10.2 Å². The highest BCUT2D eigenvalue weighted by Crippen LogP contribution is 2.12. The molecule has 0 heterocycles. The van der Waals surface area contributed by atoms with Gasteiger partial charge in [0.2, 0.25) is 0 Å². The van der Waals surface area contributed by atoms with Gasteiger partial charge >= 0.3 is 12.1 Å². The SMILES string of the molecule is CCOC(=O)N(CCN)C(=O)N/C=C/c1cccc(Br)c1. The Hall–Kier alpha value is -1.86. The third kappa shape index (κ3) is 5.97. The maximum atomic E-state index is 11.9. The van der Waals surface area contributed by atoms with E-state index < -0.39 is 12.1 Å². The zero-order chi connectivity index (χ0) is 15.7. The number of hydrogen-bond acceptors (Lipinski definition) is 4. The Balaban J connectivity index is 2.62. The van der Waals surface area contributed by atoms with E-state index >= 15 is 0 Å². The van der Waals surface area contributed by atoms with Gasteiger partial charge in [0.1, 0.15) is 0 Å². The molecule has 1 aromatic carbocycles. The smallest absolute Gasteiger partial charge is 0.418 e. The van der Waals surface area contributed by atoms with Crippen LogP contribution >= 0.6 is 15.9 Å². The lowest BCUT2D eigenvalue weighted by molar-refractivity contribution is 0.116. The van der Waals surface area contributed by atoms with Crippen LogP contribution in [0.25, 0.3) is 6.08 Å². The number of amides is 3. The third-order valence-electron chi connectivity index (χ3n) is 2.42. The van der Waals surface area contributed by atoms with E-state index in [0.717, 1.165) is 14.9 Å². The fourth-order valence-electron chi connectivity index (χ4n) is 1.50. The first-order chi connectivity index (χ1) is 10.1. The number of nitrogens with zero attached hydrogens (tertiary/aromatic N) is 1. The number of benzene rings is 1. The zero-order valence-electron chi connectivity index (χ0n) is 11.7. The van der Waals surface area contributed by atoms with Crippen LogP contribution in [0.3, 0.4) is 0 Å². The van der Waals surface area contributed by atoms with Crippen LogP contribution in [0, 0.1) is 0 Å². The van der Waals surface area contributed by atoms with Crippen molar-refractivity contribution in [1.29, 1.82) is 0 Å². The van der Waals surface area contributed by atoms with Gasteiger partial charge < -0.3 is 15.8 Å². The Morgan fingerprint density at radius 3 is 2.86 bits per heavy atom. The van der Waals surface area contributed by atoms with E-state index in [4.69, 9.17) is 10.5 Å². The molecule has 0 aliphatic carbocycles. The number of halogens is 1. The van der Waals surface area contributed by atoms with Gasteiger partial charge in [0.25, 0.3) is 0 Å². The van der Waals surface area contributed by atoms with Gasteiger partial charge in [0, 0.05) is 23.8 Å². The Labute approximate surface area is 132 Å². The predicted octanol–water partition coefficient (Wildman–Crippen LogP) is 2.55. The molecule has 21 heavy (non-hydrogen) atoms. The Morgan fingerprint density at radius 2 is 2.24 bits per heavy atom. The van der Waals surface area contributed by atoms with Gasteiger partial charge in [-0.15, -0.1) is 0 Å². The number of carbonyl (C=O) groups excluding carboxylic acids is 2. The average Bonchev–Trinajstić information content (AvgIpc) is 2.45. The molecule has 7 heteroatoms. The molecule has 0 aliphatic rings. The molecule has 0 fully saturated rings. The second-order valence-electron chi connectivity index (χ2n) is 3.98. The molecular formula is C14H18BrN3O3. The summed E-state index contributed by atoms with van der Waals surface area (Å²) in [6.07, 6.45) is 2.47. The number of urea groups is 1. The molecule has 1 rings (SSSR count). The largest absolute Gasteiger partial charge is 0.449 e. The summed E-state index contributed by atoms with van der Waals surface area (Å²) in [5, 5.41) is 2.51. The molecule has 0 unspecified atom stereocenters. The van der Waals surface area contributed by atoms with Crippen LogP contribution in [0.5, 0.6) is 0 Å². The van der Waals surface area contributed by atoms with Crippen LogP contribution in [0.4, 0.5) is 9.59 Å². The number of ether oxygens (including phenoxy) is 1. The van der Waals surface area contributed by atoms with Crippen LogP contribution in [-0.2, 0) is 4.74 Å². The quantitative estimate of drug-likeness (QED) is 0.849. The van der Waals surface area contributed by atoms with Crippen molar-refractivity contribution in [3.05, 3.63) is 40.5 Å². The number of carbonyl (C=O) groups is 2. The molecule has 0 aromatic heterocycles. The fourth-order valence-corrected chi connectivity index (χ4v) is 1.92. The molecule has 0 saturated carbocycles. The van der Waals surface area contributed by atoms with Gasteiger partial charge in [-0.3, -0.25) is 0 Å². The molecule has 3 amide bonds. The first kappa shape index (κ1) is 17.2. The van der Waals surface area contributed by atoms with Gasteiger partial charge in [-0.2, -0.15) is 0 Å². The predicted molar refractivity (Wildman–Crippen MR) is 84.5 cm³/mol. The molecule has 0 saturated heterocycles. The minimum Gasteiger partial charge on any atom is -0.449 e. The van der Waals surface area contributed by atoms with Crippen molar-refractivity contribution in [2.45, 2.75) is 6.92 Å². The topological polar surface area (TPSA) is 84.7 Å². The summed E-state index contributed by atoms with van der Waals surface area (Å²) in [7, 11) is 0. The van der Waals surface area contributed by atoms with Gasteiger partial charge in [-0.1, -0.05) is 28.1 Å². The number of hydrogen-bond donors (Lipinski definition) is 2. The minimum atomic E-state index is -0.712. The number of nitrogens with two attached hydrogens (primary N) is 1. The lowest BCUT2D eigenvalue weighted by Crippen LogP contribution is -2.44. The average molecular weight is 356 g/mol. The third-order valence-corrected chi connectivity index (χ3v) is 2.91. The molecule has 6 nitrogen and oxygen atoms in total. The van der Waals surface area contributed by atoms with Gasteiger partial charge in [0.15, 0.2) is 0 Å². The van der Waals surface area contributed by atoms with Crippen molar-refractivity contribution >= 4 is 34.1 Å². The van der Waals surface area contributed by atoms with Crippen LogP contribution < -0.4 is 11.1 Å². The summed E-state index contributed by atoms with van der Waals surface area (Å²) in [6.45, 7) is 2.13. The number of imide groups is 1. The highest BCUT2D eigenvalue weighted by molar-refractivity contribution is 9.10. The fraction of sp³-hybridized carbons (Fsp3) is 0.286. The van der Waals surface area contributed by atoms with E-state index in [1.807, 2.05) is 24.3 Å². The molecule has 0 atom stereocenters. The zero-order valence-corrected chi connectivity index (χ0v) is 13.3. The summed E-state index contributed by atoms with van der Waals surface area (Å²) in [5.74, 6) is 0. The van der Waals surface area contributed by atoms with Gasteiger partial charge in [-0.25, -0.2) is 14.5 Å². The molecule has 3 N–H and O–H groups in total. The first-order valence-electron chi connectivity index (χ1n) is 6.45. The van der Waals surface area contributed by atoms with Gasteiger partial charge in [-0.05, 0) is 30.7 Å². The van der Waals surface area contributed by atoms with Crippen LogP contribution in [-0.4, -0.2) is 36.7 Å². The lowest BCUT2D eigenvalue weighted by Gasteiger charge is -2.18. The first-order valence-corrected chi connectivity index (χ1v) is 7.24. The summed E-state index contributed by atoms with van der Waals surface area (Å²) in [5.41, 5.74) is 6.29.